The summed E-state index contributed by atoms with van der Waals surface area (Å²) in [5, 5.41) is 14.4. The Balaban J connectivity index is 1.77. The second kappa shape index (κ2) is 8.49. The molecule has 1 aliphatic rings. The van der Waals surface area contributed by atoms with Gasteiger partial charge < -0.3 is 10.1 Å². The molecule has 1 aliphatic heterocycles. The molecule has 2 atom stereocenters. The number of aromatic nitrogens is 1. The fourth-order valence-corrected chi connectivity index (χ4v) is 4.49. The summed E-state index contributed by atoms with van der Waals surface area (Å²) in [6, 6.07) is 14.5. The van der Waals surface area contributed by atoms with E-state index in [1.807, 2.05) is 36.4 Å². The number of halogens is 2. The van der Waals surface area contributed by atoms with Crippen LogP contribution in [-0.4, -0.2) is 16.8 Å². The number of rotatable bonds is 5. The van der Waals surface area contributed by atoms with E-state index >= 15 is 0 Å². The summed E-state index contributed by atoms with van der Waals surface area (Å²) in [4.78, 5) is 16.3. The number of carbonyl (C=O) groups excluding carboxylic acids is 1. The van der Waals surface area contributed by atoms with Crippen LogP contribution in [0.1, 0.15) is 33.8 Å². The fraction of sp³-hybridized carbons (Fsp3) is 0.136. The predicted octanol–water partition coefficient (Wildman–Crippen LogP) is 6.17. The number of nitrogens with zero attached hydrogens (tertiary/aromatic N) is 2. The van der Waals surface area contributed by atoms with Gasteiger partial charge in [0.2, 0.25) is 0 Å². The number of nitriles is 1. The van der Waals surface area contributed by atoms with Crippen molar-refractivity contribution < 1.29 is 9.53 Å². The highest BCUT2D eigenvalue weighted by molar-refractivity contribution is 7.17. The van der Waals surface area contributed by atoms with E-state index in [1.54, 1.807) is 12.1 Å². The first-order chi connectivity index (χ1) is 14.5. The van der Waals surface area contributed by atoms with Crippen molar-refractivity contribution in [1.29, 1.82) is 5.26 Å². The summed E-state index contributed by atoms with van der Waals surface area (Å²) in [5.74, 6) is 0.443. The maximum atomic E-state index is 11.6. The van der Waals surface area contributed by atoms with Gasteiger partial charge in [0.05, 0.1) is 22.2 Å². The first kappa shape index (κ1) is 20.4. The zero-order valence-corrected chi connectivity index (χ0v) is 18.1. The molecule has 0 aliphatic carbocycles. The molecule has 30 heavy (non-hydrogen) atoms. The third kappa shape index (κ3) is 4.05. The number of carbonyl (C=O) groups is 1. The normalized spacial score (nSPS) is 15.9. The predicted molar refractivity (Wildman–Crippen MR) is 119 cm³/mol. The minimum atomic E-state index is -0.743. The molecule has 0 fully saturated rings. The summed E-state index contributed by atoms with van der Waals surface area (Å²) < 4.78 is 6.26. The van der Waals surface area contributed by atoms with Crippen LogP contribution in [0.5, 0.6) is 5.75 Å². The van der Waals surface area contributed by atoms with Crippen molar-refractivity contribution in [2.24, 2.45) is 0 Å². The zero-order valence-electron chi connectivity index (χ0n) is 15.7. The highest BCUT2D eigenvalue weighted by atomic mass is 35.5. The first-order valence-electron chi connectivity index (χ1n) is 9.01. The average molecular weight is 456 g/mol. The van der Waals surface area contributed by atoms with E-state index in [9.17, 15) is 10.1 Å². The Morgan fingerprint density at radius 3 is 2.73 bits per heavy atom. The molecule has 1 aromatic heterocycles. The van der Waals surface area contributed by atoms with Gasteiger partial charge in [-0.15, -0.1) is 0 Å². The Morgan fingerprint density at radius 2 is 2.07 bits per heavy atom. The van der Waals surface area contributed by atoms with Gasteiger partial charge in [-0.3, -0.25) is 4.79 Å². The summed E-state index contributed by atoms with van der Waals surface area (Å²) in [6.07, 6.45) is 2.84. The van der Waals surface area contributed by atoms with Crippen LogP contribution >= 0.6 is 34.5 Å². The Kier molecular flexibility index (Phi) is 5.78. The van der Waals surface area contributed by atoms with E-state index in [-0.39, 0.29) is 5.78 Å². The van der Waals surface area contributed by atoms with E-state index in [0.717, 1.165) is 5.56 Å². The molecule has 0 spiro atoms. The van der Waals surface area contributed by atoms with Crippen LogP contribution in [0.25, 0.3) is 6.08 Å². The molecule has 0 saturated carbocycles. The molecule has 2 aromatic carbocycles. The number of benzene rings is 2. The largest absolute Gasteiger partial charge is 0.479 e. The topological polar surface area (TPSA) is 75.0 Å². The number of Topliss-reactive ketones (excluding diaryl/α,β-unsaturated/α-hetero) is 1. The number of hydrogen-bond donors (Lipinski definition) is 1. The number of nitrogens with one attached hydrogen (secondary N) is 1. The minimum absolute atomic E-state index is 0.0744. The Bertz CT molecular complexity index is 1180. The standard InChI is InChI=1S/C22H15Cl2N3O2S/c1-12(28)19-11-26-22(30-19)27-18(10-25)16-8-14-7-15(23)9-17(24)21(14)29-20(16)13-5-3-2-4-6-13/h2-9,11,18,20H,1H3,(H,26,27). The smallest absolute Gasteiger partial charge is 0.184 e. The van der Waals surface area contributed by atoms with E-state index in [0.29, 0.717) is 36.9 Å². The highest BCUT2D eigenvalue weighted by Gasteiger charge is 2.32. The zero-order chi connectivity index (χ0) is 21.3. The number of ketones is 1. The molecule has 0 bridgehead atoms. The first-order valence-corrected chi connectivity index (χ1v) is 10.6. The number of thiazole rings is 1. The molecular formula is C22H15Cl2N3O2S. The molecule has 4 rings (SSSR count). The van der Waals surface area contributed by atoms with Crippen LogP contribution in [0.4, 0.5) is 5.13 Å². The molecule has 0 amide bonds. The van der Waals surface area contributed by atoms with E-state index in [2.05, 4.69) is 16.4 Å². The molecule has 5 nitrogen and oxygen atoms in total. The Labute approximate surface area is 187 Å². The molecular weight excluding hydrogens is 441 g/mol. The highest BCUT2D eigenvalue weighted by Crippen LogP contribution is 2.44. The van der Waals surface area contributed by atoms with Gasteiger partial charge in [0.1, 0.15) is 17.9 Å². The maximum absolute atomic E-state index is 11.6. The van der Waals surface area contributed by atoms with Crippen LogP contribution in [0.15, 0.2) is 54.2 Å². The lowest BCUT2D eigenvalue weighted by Gasteiger charge is -2.30. The van der Waals surface area contributed by atoms with Crippen LogP contribution in [-0.2, 0) is 0 Å². The van der Waals surface area contributed by atoms with Gasteiger partial charge in [0, 0.05) is 23.1 Å². The molecule has 0 radical (unpaired) electrons. The van der Waals surface area contributed by atoms with Crippen molar-refractivity contribution in [1.82, 2.24) is 4.98 Å². The van der Waals surface area contributed by atoms with Gasteiger partial charge in [-0.05, 0) is 23.8 Å². The van der Waals surface area contributed by atoms with Gasteiger partial charge in [0.15, 0.2) is 10.9 Å². The van der Waals surface area contributed by atoms with Gasteiger partial charge >= 0.3 is 0 Å². The Hall–Kier alpha value is -2.85. The van der Waals surface area contributed by atoms with Crippen LogP contribution in [0.3, 0.4) is 0 Å². The van der Waals surface area contributed by atoms with Crippen molar-refractivity contribution in [3.05, 3.63) is 80.3 Å². The van der Waals surface area contributed by atoms with Crippen LogP contribution in [0.2, 0.25) is 10.0 Å². The molecule has 150 valence electrons. The van der Waals surface area contributed by atoms with Crippen molar-refractivity contribution >= 4 is 51.5 Å². The number of ether oxygens (including phenoxy) is 1. The lowest BCUT2D eigenvalue weighted by Crippen LogP contribution is -2.28. The summed E-state index contributed by atoms with van der Waals surface area (Å²) in [6.45, 7) is 1.48. The van der Waals surface area contributed by atoms with E-state index in [1.165, 1.54) is 24.5 Å². The molecule has 2 unspecified atom stereocenters. The quantitative estimate of drug-likeness (QED) is 0.465. The van der Waals surface area contributed by atoms with Crippen molar-refractivity contribution in [2.75, 3.05) is 5.32 Å². The van der Waals surface area contributed by atoms with E-state index in [4.69, 9.17) is 27.9 Å². The maximum Gasteiger partial charge on any atom is 0.184 e. The SMILES string of the molecule is CC(=O)c1cnc(NC(C#N)C2=Cc3cc(Cl)cc(Cl)c3OC2c2ccccc2)s1. The summed E-state index contributed by atoms with van der Waals surface area (Å²) in [7, 11) is 0. The molecule has 3 aromatic rings. The second-order valence-corrected chi connectivity index (χ2v) is 8.53. The molecule has 8 heteroatoms. The average Bonchev–Trinajstić information content (AvgIpc) is 3.21. The fourth-order valence-electron chi connectivity index (χ4n) is 3.19. The molecule has 1 N–H and O–H groups in total. The van der Waals surface area contributed by atoms with Crippen LogP contribution < -0.4 is 10.1 Å². The number of hydrogen-bond acceptors (Lipinski definition) is 6. The number of anilines is 1. The lowest BCUT2D eigenvalue weighted by molar-refractivity contribution is 0.102. The van der Waals surface area contributed by atoms with E-state index < -0.39 is 12.1 Å². The second-order valence-electron chi connectivity index (χ2n) is 6.65. The van der Waals surface area contributed by atoms with Crippen LogP contribution in [0, 0.1) is 11.3 Å². The van der Waals surface area contributed by atoms with Crippen molar-refractivity contribution in [2.45, 2.75) is 19.1 Å². The third-order valence-electron chi connectivity index (χ3n) is 4.58. The van der Waals surface area contributed by atoms with Gasteiger partial charge in [-0.2, -0.15) is 5.26 Å². The van der Waals surface area contributed by atoms with Crippen molar-refractivity contribution in [3.8, 4) is 11.8 Å². The third-order valence-corrected chi connectivity index (χ3v) is 6.11. The summed E-state index contributed by atoms with van der Waals surface area (Å²) >= 11 is 13.7. The Morgan fingerprint density at radius 1 is 1.30 bits per heavy atom. The lowest BCUT2D eigenvalue weighted by atomic mass is 9.91. The molecule has 0 saturated heterocycles. The van der Waals surface area contributed by atoms with Gasteiger partial charge in [-0.25, -0.2) is 4.98 Å². The van der Waals surface area contributed by atoms with Crippen molar-refractivity contribution in [3.63, 3.8) is 0 Å². The molecule has 2 heterocycles. The monoisotopic (exact) mass is 455 g/mol. The minimum Gasteiger partial charge on any atom is -0.479 e. The summed E-state index contributed by atoms with van der Waals surface area (Å²) in [5.41, 5.74) is 2.26. The van der Waals surface area contributed by atoms with Gasteiger partial charge in [0.25, 0.3) is 0 Å². The van der Waals surface area contributed by atoms with Gasteiger partial charge in [-0.1, -0.05) is 64.9 Å². The number of fused-ring (bicyclic) bond motifs is 1.